The van der Waals surface area contributed by atoms with E-state index in [1.54, 1.807) is 6.07 Å². The molecule has 1 aliphatic rings. The highest BCUT2D eigenvalue weighted by atomic mass is 35.5. The van der Waals surface area contributed by atoms with Crippen LogP contribution in [0.5, 0.6) is 0 Å². The van der Waals surface area contributed by atoms with Crippen LogP contribution in [-0.4, -0.2) is 18.7 Å². The van der Waals surface area contributed by atoms with Gasteiger partial charge in [0, 0.05) is 0 Å². The quantitative estimate of drug-likeness (QED) is 0.225. The van der Waals surface area contributed by atoms with Crippen LogP contribution in [0.25, 0.3) is 21.6 Å². The van der Waals surface area contributed by atoms with Crippen LogP contribution in [0.2, 0.25) is 4.34 Å². The third kappa shape index (κ3) is 5.47. The van der Waals surface area contributed by atoms with Gasteiger partial charge in [0.25, 0.3) is 0 Å². The van der Waals surface area contributed by atoms with E-state index < -0.39 is 11.5 Å². The molecule has 38 heavy (non-hydrogen) atoms. The Hall–Kier alpha value is -3.61. The first-order chi connectivity index (χ1) is 18.4. The fourth-order valence-corrected chi connectivity index (χ4v) is 5.75. The first-order valence-electron chi connectivity index (χ1n) is 12.6. The van der Waals surface area contributed by atoms with Gasteiger partial charge in [-0.3, -0.25) is 10.1 Å². The van der Waals surface area contributed by atoms with Crippen LogP contribution in [0.1, 0.15) is 43.9 Å². The van der Waals surface area contributed by atoms with Crippen molar-refractivity contribution in [1.29, 1.82) is 0 Å². The van der Waals surface area contributed by atoms with Crippen LogP contribution in [-0.2, 0) is 19.7 Å². The lowest BCUT2D eigenvalue weighted by Crippen LogP contribution is -2.23. The lowest BCUT2D eigenvalue weighted by Gasteiger charge is -2.15. The van der Waals surface area contributed by atoms with E-state index in [1.807, 2.05) is 92.7 Å². The van der Waals surface area contributed by atoms with E-state index in [4.69, 9.17) is 21.1 Å². The summed E-state index contributed by atoms with van der Waals surface area (Å²) in [5, 5.41) is 2.85. The van der Waals surface area contributed by atoms with Crippen molar-refractivity contribution in [2.45, 2.75) is 38.2 Å². The normalized spacial score (nSPS) is 14.4. The van der Waals surface area contributed by atoms with Gasteiger partial charge in [-0.25, -0.2) is 4.79 Å². The van der Waals surface area contributed by atoms with Gasteiger partial charge in [0.15, 0.2) is 0 Å². The maximum Gasteiger partial charge on any atom is 0.412 e. The molecule has 5 nitrogen and oxygen atoms in total. The summed E-state index contributed by atoms with van der Waals surface area (Å²) in [7, 11) is 0. The van der Waals surface area contributed by atoms with Gasteiger partial charge in [0.1, 0.15) is 6.10 Å². The number of thiophene rings is 1. The van der Waals surface area contributed by atoms with Crippen molar-refractivity contribution in [3.63, 3.8) is 0 Å². The SMILES string of the molecule is CCOC(=O)C1(c2ccc(-c3ccc(-c4sc(Cl)cc4NC(=O)O[C@H](C)c4ccccc4)cc3)cc2)CC1. The summed E-state index contributed by atoms with van der Waals surface area (Å²) in [6.45, 7) is 4.07. The number of ether oxygens (including phenoxy) is 2. The first-order valence-corrected chi connectivity index (χ1v) is 13.8. The van der Waals surface area contributed by atoms with Gasteiger partial charge in [0.2, 0.25) is 0 Å². The summed E-state index contributed by atoms with van der Waals surface area (Å²) < 4.78 is 11.4. The molecule has 5 rings (SSSR count). The fraction of sp³-hybridized carbons (Fsp3) is 0.226. The Morgan fingerprint density at radius 3 is 2.16 bits per heavy atom. The Labute approximate surface area is 231 Å². The number of halogens is 1. The van der Waals surface area contributed by atoms with Crippen molar-refractivity contribution in [2.24, 2.45) is 0 Å². The van der Waals surface area contributed by atoms with E-state index >= 15 is 0 Å². The first kappa shape index (κ1) is 26.0. The lowest BCUT2D eigenvalue weighted by atomic mass is 9.93. The molecule has 0 spiro atoms. The monoisotopic (exact) mass is 545 g/mol. The summed E-state index contributed by atoms with van der Waals surface area (Å²) in [5.41, 5.74) is 5.11. The second-order valence-electron chi connectivity index (χ2n) is 9.33. The standard InChI is InChI=1S/C31H28ClNO4S/c1-3-36-29(34)31(17-18-31)25-15-13-23(14-16-25)22-9-11-24(12-10-22)28-26(19-27(32)38-28)33-30(35)37-20(2)21-7-5-4-6-8-21/h4-16,19-20H,3,17-18H2,1-2H3,(H,33,35)/t20-/m1/s1. The minimum atomic E-state index is -0.537. The van der Waals surface area contributed by atoms with Gasteiger partial charge in [0.05, 0.1) is 26.9 Å². The Kier molecular flexibility index (Phi) is 7.54. The second kappa shape index (κ2) is 11.0. The molecule has 1 aliphatic carbocycles. The molecule has 1 atom stereocenters. The van der Waals surface area contributed by atoms with Crippen LogP contribution in [0, 0.1) is 0 Å². The molecule has 194 valence electrons. The number of hydrogen-bond donors (Lipinski definition) is 1. The van der Waals surface area contributed by atoms with Crippen molar-refractivity contribution in [2.75, 3.05) is 11.9 Å². The maximum atomic E-state index is 12.6. The summed E-state index contributed by atoms with van der Waals surface area (Å²) in [4.78, 5) is 25.9. The number of esters is 1. The molecule has 0 radical (unpaired) electrons. The Morgan fingerprint density at radius 1 is 0.947 bits per heavy atom. The van der Waals surface area contributed by atoms with Gasteiger partial charge in [-0.15, -0.1) is 11.3 Å². The topological polar surface area (TPSA) is 64.6 Å². The molecule has 1 aromatic heterocycles. The van der Waals surface area contributed by atoms with Crippen LogP contribution in [0.3, 0.4) is 0 Å². The number of carbonyl (C=O) groups excluding carboxylic acids is 2. The Balaban J connectivity index is 1.29. The molecule has 0 aliphatic heterocycles. The van der Waals surface area contributed by atoms with E-state index in [0.29, 0.717) is 16.6 Å². The molecule has 1 N–H and O–H groups in total. The molecule has 0 unspecified atom stereocenters. The minimum absolute atomic E-state index is 0.130. The maximum absolute atomic E-state index is 12.6. The number of hydrogen-bond acceptors (Lipinski definition) is 5. The van der Waals surface area contributed by atoms with Crippen molar-refractivity contribution >= 4 is 40.7 Å². The summed E-state index contributed by atoms with van der Waals surface area (Å²) >= 11 is 7.72. The largest absolute Gasteiger partial charge is 0.465 e. The zero-order valence-electron chi connectivity index (χ0n) is 21.2. The molecule has 0 bridgehead atoms. The number of amides is 1. The van der Waals surface area contributed by atoms with Crippen LogP contribution < -0.4 is 5.32 Å². The average molecular weight is 546 g/mol. The van der Waals surface area contributed by atoms with Gasteiger partial charge in [-0.05, 0) is 60.6 Å². The van der Waals surface area contributed by atoms with Gasteiger partial charge in [-0.2, -0.15) is 0 Å². The fourth-order valence-electron chi connectivity index (χ4n) is 4.56. The molecule has 1 amide bonds. The molecular formula is C31H28ClNO4S. The summed E-state index contributed by atoms with van der Waals surface area (Å²) in [6.07, 6.45) is 0.743. The number of benzene rings is 3. The van der Waals surface area contributed by atoms with E-state index in [2.05, 4.69) is 5.32 Å². The Bertz CT molecular complexity index is 1430. The third-order valence-electron chi connectivity index (χ3n) is 6.83. The molecule has 0 saturated heterocycles. The Morgan fingerprint density at radius 2 is 1.55 bits per heavy atom. The average Bonchev–Trinajstić information content (AvgIpc) is 3.67. The number of carbonyl (C=O) groups is 2. The highest BCUT2D eigenvalue weighted by molar-refractivity contribution is 7.20. The molecular weight excluding hydrogens is 518 g/mol. The molecule has 4 aromatic rings. The molecule has 3 aromatic carbocycles. The number of rotatable bonds is 8. The smallest absolute Gasteiger partial charge is 0.412 e. The van der Waals surface area contributed by atoms with Crippen LogP contribution in [0.4, 0.5) is 10.5 Å². The van der Waals surface area contributed by atoms with Crippen molar-refractivity contribution in [3.8, 4) is 21.6 Å². The minimum Gasteiger partial charge on any atom is -0.465 e. The molecule has 1 heterocycles. The molecule has 1 fully saturated rings. The van der Waals surface area contributed by atoms with E-state index in [0.717, 1.165) is 45.5 Å². The number of anilines is 1. The third-order valence-corrected chi connectivity index (χ3v) is 8.14. The van der Waals surface area contributed by atoms with E-state index in [-0.39, 0.29) is 12.1 Å². The predicted octanol–water partition coefficient (Wildman–Crippen LogP) is 8.64. The summed E-state index contributed by atoms with van der Waals surface area (Å²) in [6, 6.07) is 27.6. The highest BCUT2D eigenvalue weighted by Gasteiger charge is 2.52. The lowest BCUT2D eigenvalue weighted by molar-refractivity contribution is -0.146. The zero-order valence-corrected chi connectivity index (χ0v) is 22.8. The van der Waals surface area contributed by atoms with Gasteiger partial charge < -0.3 is 9.47 Å². The second-order valence-corrected chi connectivity index (χ2v) is 11.0. The predicted molar refractivity (Wildman–Crippen MR) is 153 cm³/mol. The van der Waals surface area contributed by atoms with Gasteiger partial charge >= 0.3 is 12.1 Å². The van der Waals surface area contributed by atoms with Gasteiger partial charge in [-0.1, -0.05) is 90.5 Å². The zero-order chi connectivity index (χ0) is 26.7. The van der Waals surface area contributed by atoms with Crippen LogP contribution in [0.15, 0.2) is 84.9 Å². The summed E-state index contributed by atoms with van der Waals surface area (Å²) in [5.74, 6) is -0.130. The van der Waals surface area contributed by atoms with E-state index in [9.17, 15) is 9.59 Å². The molecule has 7 heteroatoms. The van der Waals surface area contributed by atoms with Crippen molar-refractivity contribution in [3.05, 3.63) is 100 Å². The van der Waals surface area contributed by atoms with Crippen LogP contribution >= 0.6 is 22.9 Å². The van der Waals surface area contributed by atoms with Crippen molar-refractivity contribution < 1.29 is 19.1 Å². The van der Waals surface area contributed by atoms with Crippen molar-refractivity contribution in [1.82, 2.24) is 0 Å². The highest BCUT2D eigenvalue weighted by Crippen LogP contribution is 2.49. The number of nitrogens with one attached hydrogen (secondary N) is 1. The van der Waals surface area contributed by atoms with E-state index in [1.165, 1.54) is 11.3 Å². The molecule has 1 saturated carbocycles.